The summed E-state index contributed by atoms with van der Waals surface area (Å²) in [6, 6.07) is 9.52. The first-order chi connectivity index (χ1) is 9.50. The third-order valence-corrected chi connectivity index (χ3v) is 2.94. The van der Waals surface area contributed by atoms with Crippen molar-refractivity contribution in [3.8, 4) is 5.75 Å². The van der Waals surface area contributed by atoms with Crippen LogP contribution < -0.4 is 10.5 Å². The summed E-state index contributed by atoms with van der Waals surface area (Å²) in [6.07, 6.45) is 0. The van der Waals surface area contributed by atoms with Gasteiger partial charge in [0.2, 0.25) is 0 Å². The zero-order chi connectivity index (χ0) is 14.7. The van der Waals surface area contributed by atoms with Crippen LogP contribution in [0.25, 0.3) is 0 Å². The molecule has 104 valence electrons. The van der Waals surface area contributed by atoms with E-state index in [1.54, 1.807) is 31.2 Å². The smallest absolute Gasteiger partial charge is 0.338 e. The highest BCUT2D eigenvalue weighted by molar-refractivity contribution is 5.95. The lowest BCUT2D eigenvalue weighted by Crippen LogP contribution is -2.09. The van der Waals surface area contributed by atoms with Crippen LogP contribution in [0.15, 0.2) is 36.4 Å². The average molecular weight is 275 g/mol. The van der Waals surface area contributed by atoms with Gasteiger partial charge in [-0.25, -0.2) is 9.18 Å². The van der Waals surface area contributed by atoms with Crippen molar-refractivity contribution in [1.82, 2.24) is 0 Å². The summed E-state index contributed by atoms with van der Waals surface area (Å²) in [5.74, 6) is -1.50. The Hall–Kier alpha value is -2.56. The first-order valence-corrected chi connectivity index (χ1v) is 5.99. The lowest BCUT2D eigenvalue weighted by atomic mass is 10.1. The first kappa shape index (κ1) is 13.9. The molecule has 20 heavy (non-hydrogen) atoms. The number of carboxylic acid groups (broad SMARTS) is 1. The van der Waals surface area contributed by atoms with Crippen LogP contribution in [-0.2, 0) is 6.61 Å². The summed E-state index contributed by atoms with van der Waals surface area (Å²) in [5, 5.41) is 9.13. The van der Waals surface area contributed by atoms with Crippen molar-refractivity contribution in [3.05, 3.63) is 58.9 Å². The molecule has 0 fully saturated rings. The molecule has 0 bridgehead atoms. The second-order valence-corrected chi connectivity index (χ2v) is 4.36. The van der Waals surface area contributed by atoms with Gasteiger partial charge in [0.1, 0.15) is 6.61 Å². The minimum atomic E-state index is -1.13. The van der Waals surface area contributed by atoms with Crippen LogP contribution in [0.2, 0.25) is 0 Å². The second-order valence-electron chi connectivity index (χ2n) is 4.36. The molecular weight excluding hydrogens is 261 g/mol. The van der Waals surface area contributed by atoms with E-state index in [0.717, 1.165) is 0 Å². The molecule has 0 aromatic heterocycles. The molecule has 0 aliphatic rings. The number of halogens is 1. The van der Waals surface area contributed by atoms with Gasteiger partial charge < -0.3 is 15.6 Å². The number of hydrogen-bond donors (Lipinski definition) is 2. The molecule has 4 nitrogen and oxygen atoms in total. The number of aryl methyl sites for hydroxylation is 1. The summed E-state index contributed by atoms with van der Waals surface area (Å²) < 4.78 is 19.1. The summed E-state index contributed by atoms with van der Waals surface area (Å²) in [7, 11) is 0. The lowest BCUT2D eigenvalue weighted by Gasteiger charge is -2.11. The first-order valence-electron chi connectivity index (χ1n) is 5.99. The van der Waals surface area contributed by atoms with Crippen LogP contribution >= 0.6 is 0 Å². The maximum atomic E-state index is 13.8. The van der Waals surface area contributed by atoms with Gasteiger partial charge in [-0.1, -0.05) is 24.3 Å². The summed E-state index contributed by atoms with van der Waals surface area (Å²) in [5.41, 5.74) is 6.64. The molecule has 3 N–H and O–H groups in total. The molecular formula is C15H14FNO3. The summed E-state index contributed by atoms with van der Waals surface area (Å²) >= 11 is 0. The minimum absolute atomic E-state index is 0.0134. The van der Waals surface area contributed by atoms with Crippen LogP contribution in [0.1, 0.15) is 21.5 Å². The number of rotatable bonds is 4. The highest BCUT2D eigenvalue weighted by Crippen LogP contribution is 2.23. The fourth-order valence-electron chi connectivity index (χ4n) is 1.89. The van der Waals surface area contributed by atoms with Gasteiger partial charge in [-0.3, -0.25) is 0 Å². The molecule has 2 aromatic carbocycles. The van der Waals surface area contributed by atoms with Gasteiger partial charge in [-0.05, 0) is 24.6 Å². The molecule has 0 unspecified atom stereocenters. The Morgan fingerprint density at radius 3 is 2.70 bits per heavy atom. The number of carbonyl (C=O) groups is 1. The van der Waals surface area contributed by atoms with Crippen LogP contribution in [0, 0.1) is 12.7 Å². The number of anilines is 1. The largest absolute Gasteiger partial charge is 0.486 e. The zero-order valence-electron chi connectivity index (χ0n) is 10.9. The fourth-order valence-corrected chi connectivity index (χ4v) is 1.89. The van der Waals surface area contributed by atoms with E-state index in [-0.39, 0.29) is 23.6 Å². The molecule has 0 atom stereocenters. The number of aromatic carboxylic acids is 1. The average Bonchev–Trinajstić information content (AvgIpc) is 2.40. The molecule has 2 aromatic rings. The van der Waals surface area contributed by atoms with Gasteiger partial charge in [0.15, 0.2) is 11.6 Å². The Labute approximate surface area is 115 Å². The number of nitrogen functional groups attached to an aromatic ring is 1. The van der Waals surface area contributed by atoms with E-state index in [4.69, 9.17) is 15.6 Å². The molecule has 0 amide bonds. The third kappa shape index (κ3) is 2.71. The molecule has 0 spiro atoms. The topological polar surface area (TPSA) is 72.5 Å². The maximum Gasteiger partial charge on any atom is 0.338 e. The van der Waals surface area contributed by atoms with E-state index in [0.29, 0.717) is 11.1 Å². The predicted molar refractivity (Wildman–Crippen MR) is 73.3 cm³/mol. The van der Waals surface area contributed by atoms with Crippen LogP contribution in [0.5, 0.6) is 5.75 Å². The third-order valence-electron chi connectivity index (χ3n) is 2.94. The van der Waals surface area contributed by atoms with Crippen molar-refractivity contribution in [2.24, 2.45) is 0 Å². The van der Waals surface area contributed by atoms with Crippen LogP contribution in [0.4, 0.5) is 10.1 Å². The molecule has 0 saturated carbocycles. The molecule has 0 heterocycles. The van der Waals surface area contributed by atoms with E-state index in [1.165, 1.54) is 12.1 Å². The van der Waals surface area contributed by atoms with Crippen molar-refractivity contribution in [2.75, 3.05) is 5.73 Å². The molecule has 5 heteroatoms. The standard InChI is InChI=1S/C15H14FNO3/c1-9-4-2-7-12(14(9)16)20-8-10-5-3-6-11(17)13(10)15(18)19/h2-7H,8,17H2,1H3,(H,18,19). The van der Waals surface area contributed by atoms with Crippen molar-refractivity contribution >= 4 is 11.7 Å². The summed E-state index contributed by atoms with van der Waals surface area (Å²) in [4.78, 5) is 11.2. The molecule has 0 aliphatic heterocycles. The minimum Gasteiger partial charge on any atom is -0.486 e. The van der Waals surface area contributed by atoms with Gasteiger partial charge in [0, 0.05) is 11.3 Å². The molecule has 0 saturated heterocycles. The SMILES string of the molecule is Cc1cccc(OCc2cccc(N)c2C(=O)O)c1F. The number of carboxylic acids is 1. The van der Waals surface area contributed by atoms with E-state index in [1.807, 2.05) is 0 Å². The van der Waals surface area contributed by atoms with Gasteiger partial charge in [0.25, 0.3) is 0 Å². The van der Waals surface area contributed by atoms with E-state index in [9.17, 15) is 9.18 Å². The van der Waals surface area contributed by atoms with Crippen LogP contribution in [0.3, 0.4) is 0 Å². The van der Waals surface area contributed by atoms with Gasteiger partial charge in [-0.15, -0.1) is 0 Å². The van der Waals surface area contributed by atoms with Crippen molar-refractivity contribution < 1.29 is 19.0 Å². The van der Waals surface area contributed by atoms with Gasteiger partial charge in [-0.2, -0.15) is 0 Å². The normalized spacial score (nSPS) is 10.3. The highest BCUT2D eigenvalue weighted by Gasteiger charge is 2.14. The Bertz CT molecular complexity index is 656. The Balaban J connectivity index is 2.26. The van der Waals surface area contributed by atoms with E-state index < -0.39 is 11.8 Å². The van der Waals surface area contributed by atoms with Gasteiger partial charge >= 0.3 is 5.97 Å². The number of ether oxygens (including phenoxy) is 1. The van der Waals surface area contributed by atoms with Crippen LogP contribution in [-0.4, -0.2) is 11.1 Å². The van der Waals surface area contributed by atoms with Crippen molar-refractivity contribution in [3.63, 3.8) is 0 Å². The molecule has 2 rings (SSSR count). The second kappa shape index (κ2) is 5.61. The highest BCUT2D eigenvalue weighted by atomic mass is 19.1. The van der Waals surface area contributed by atoms with E-state index >= 15 is 0 Å². The van der Waals surface area contributed by atoms with Crippen molar-refractivity contribution in [2.45, 2.75) is 13.5 Å². The Morgan fingerprint density at radius 2 is 2.00 bits per heavy atom. The summed E-state index contributed by atoms with van der Waals surface area (Å²) in [6.45, 7) is 1.57. The predicted octanol–water partition coefficient (Wildman–Crippen LogP) is 2.99. The molecule has 0 radical (unpaired) electrons. The van der Waals surface area contributed by atoms with Crippen molar-refractivity contribution in [1.29, 1.82) is 0 Å². The maximum absolute atomic E-state index is 13.8. The van der Waals surface area contributed by atoms with E-state index in [2.05, 4.69) is 0 Å². The quantitative estimate of drug-likeness (QED) is 0.841. The number of nitrogens with two attached hydrogens (primary N) is 1. The number of benzene rings is 2. The Kier molecular flexibility index (Phi) is 3.89. The molecule has 0 aliphatic carbocycles. The number of hydrogen-bond acceptors (Lipinski definition) is 3. The zero-order valence-corrected chi connectivity index (χ0v) is 10.9. The monoisotopic (exact) mass is 275 g/mol. The van der Waals surface area contributed by atoms with Gasteiger partial charge in [0.05, 0.1) is 5.56 Å². The fraction of sp³-hybridized carbons (Fsp3) is 0.133. The lowest BCUT2D eigenvalue weighted by molar-refractivity contribution is 0.0695. The Morgan fingerprint density at radius 1 is 1.30 bits per heavy atom.